The van der Waals surface area contributed by atoms with E-state index in [-0.39, 0.29) is 6.42 Å². The quantitative estimate of drug-likeness (QED) is 0.546. The van der Waals surface area contributed by atoms with Crippen molar-refractivity contribution in [1.29, 1.82) is 0 Å². The Bertz CT molecular complexity index is 168. The van der Waals surface area contributed by atoms with Crippen LogP contribution >= 0.6 is 0 Å². The van der Waals surface area contributed by atoms with E-state index in [1.807, 2.05) is 4.90 Å². The molecule has 2 rings (SSSR count). The van der Waals surface area contributed by atoms with Gasteiger partial charge < -0.3 is 0 Å². The Morgan fingerprint density at radius 3 is 2.58 bits per heavy atom. The van der Waals surface area contributed by atoms with Gasteiger partial charge in [0.1, 0.15) is 0 Å². The molecule has 1 atom stereocenters. The monoisotopic (exact) mass is 175 g/mol. The number of piperidine rings is 2. The van der Waals surface area contributed by atoms with Crippen molar-refractivity contribution in [3.8, 4) is 0 Å². The van der Waals surface area contributed by atoms with E-state index in [0.29, 0.717) is 12.8 Å². The zero-order valence-electron chi connectivity index (χ0n) is 7.23. The Hall–Kier alpha value is -0.180. The van der Waals surface area contributed by atoms with Crippen molar-refractivity contribution in [2.75, 3.05) is 13.1 Å². The van der Waals surface area contributed by atoms with Crippen LogP contribution in [0.2, 0.25) is 0 Å². The second-order valence-electron chi connectivity index (χ2n) is 3.91. The molecule has 0 radical (unpaired) electrons. The first-order valence-corrected chi connectivity index (χ1v) is 4.82. The number of halogens is 2. The molecule has 0 aromatic rings. The van der Waals surface area contributed by atoms with Gasteiger partial charge >= 0.3 is 0 Å². The highest BCUT2D eigenvalue weighted by molar-refractivity contribution is 4.92. The van der Waals surface area contributed by atoms with E-state index in [4.69, 9.17) is 0 Å². The van der Waals surface area contributed by atoms with Crippen molar-refractivity contribution < 1.29 is 8.78 Å². The third-order valence-corrected chi connectivity index (χ3v) is 3.06. The molecular formula is C9H15F2N. The van der Waals surface area contributed by atoms with E-state index >= 15 is 0 Å². The molecule has 0 aliphatic carbocycles. The van der Waals surface area contributed by atoms with Crippen LogP contribution in [-0.4, -0.2) is 30.0 Å². The number of hydrogen-bond donors (Lipinski definition) is 0. The molecule has 2 heterocycles. The molecule has 70 valence electrons. The van der Waals surface area contributed by atoms with Crippen LogP contribution < -0.4 is 0 Å². The highest BCUT2D eigenvalue weighted by atomic mass is 19.3. The Kier molecular flexibility index (Phi) is 2.07. The van der Waals surface area contributed by atoms with Crippen molar-refractivity contribution >= 4 is 0 Å². The molecule has 3 heteroatoms. The van der Waals surface area contributed by atoms with E-state index < -0.39 is 12.0 Å². The molecule has 1 unspecified atom stereocenters. The Labute approximate surface area is 71.7 Å². The van der Waals surface area contributed by atoms with Crippen LogP contribution in [0.1, 0.15) is 32.1 Å². The first-order chi connectivity index (χ1) is 5.70. The molecule has 0 aromatic heterocycles. The lowest BCUT2D eigenvalue weighted by Crippen LogP contribution is -2.54. The number of rotatable bonds is 0. The van der Waals surface area contributed by atoms with Gasteiger partial charge in [-0.25, -0.2) is 8.78 Å². The van der Waals surface area contributed by atoms with Gasteiger partial charge in [-0.2, -0.15) is 0 Å². The van der Waals surface area contributed by atoms with Gasteiger partial charge in [0.25, 0.3) is 5.92 Å². The molecule has 12 heavy (non-hydrogen) atoms. The summed E-state index contributed by atoms with van der Waals surface area (Å²) in [6.45, 7) is 1.78. The van der Waals surface area contributed by atoms with E-state index in [2.05, 4.69) is 0 Å². The minimum atomic E-state index is -2.40. The molecule has 2 aliphatic rings. The molecule has 0 N–H and O–H groups in total. The first kappa shape index (κ1) is 8.42. The van der Waals surface area contributed by atoms with Crippen LogP contribution in [-0.2, 0) is 0 Å². The highest BCUT2D eigenvalue weighted by Crippen LogP contribution is 2.37. The molecule has 2 saturated heterocycles. The lowest BCUT2D eigenvalue weighted by molar-refractivity contribution is -0.124. The van der Waals surface area contributed by atoms with Crippen LogP contribution in [0.3, 0.4) is 0 Å². The average Bonchev–Trinajstić information content (AvgIpc) is 2.04. The zero-order chi connectivity index (χ0) is 8.60. The lowest BCUT2D eigenvalue weighted by Gasteiger charge is -2.43. The summed E-state index contributed by atoms with van der Waals surface area (Å²) in [6.07, 6.45) is 3.56. The van der Waals surface area contributed by atoms with Crippen molar-refractivity contribution in [3.05, 3.63) is 0 Å². The van der Waals surface area contributed by atoms with Gasteiger partial charge in [-0.1, -0.05) is 6.42 Å². The molecule has 2 fully saturated rings. The van der Waals surface area contributed by atoms with Gasteiger partial charge in [0.05, 0.1) is 6.04 Å². The van der Waals surface area contributed by atoms with Gasteiger partial charge in [0.15, 0.2) is 0 Å². The number of alkyl halides is 2. The maximum atomic E-state index is 13.3. The Morgan fingerprint density at radius 1 is 1.08 bits per heavy atom. The van der Waals surface area contributed by atoms with E-state index in [9.17, 15) is 8.78 Å². The largest absolute Gasteiger partial charge is 0.295 e. The van der Waals surface area contributed by atoms with E-state index in [1.165, 1.54) is 0 Å². The third kappa shape index (κ3) is 1.35. The smallest absolute Gasteiger partial charge is 0.263 e. The summed E-state index contributed by atoms with van der Waals surface area (Å²) in [7, 11) is 0. The second-order valence-corrected chi connectivity index (χ2v) is 3.91. The third-order valence-electron chi connectivity index (χ3n) is 3.06. The lowest BCUT2D eigenvalue weighted by atomic mass is 9.90. The van der Waals surface area contributed by atoms with Gasteiger partial charge in [-0.15, -0.1) is 0 Å². The molecule has 0 saturated carbocycles. The molecule has 0 aromatic carbocycles. The first-order valence-electron chi connectivity index (χ1n) is 4.82. The van der Waals surface area contributed by atoms with Gasteiger partial charge in [0, 0.05) is 6.42 Å². The van der Waals surface area contributed by atoms with Crippen molar-refractivity contribution in [2.45, 2.75) is 44.1 Å². The molecule has 0 amide bonds. The van der Waals surface area contributed by atoms with Gasteiger partial charge in [-0.3, -0.25) is 4.90 Å². The van der Waals surface area contributed by atoms with E-state index in [0.717, 1.165) is 25.9 Å². The fraction of sp³-hybridized carbons (Fsp3) is 1.00. The van der Waals surface area contributed by atoms with Crippen molar-refractivity contribution in [3.63, 3.8) is 0 Å². The second kappa shape index (κ2) is 2.95. The molecule has 0 bridgehead atoms. The maximum Gasteiger partial charge on any atom is 0.263 e. The summed E-state index contributed by atoms with van der Waals surface area (Å²) in [5.41, 5.74) is 0. The summed E-state index contributed by atoms with van der Waals surface area (Å²) in [6, 6.07) is -0.431. The summed E-state index contributed by atoms with van der Waals surface area (Å²) in [5.74, 6) is -2.40. The minimum absolute atomic E-state index is 0.105. The fourth-order valence-corrected chi connectivity index (χ4v) is 2.42. The SMILES string of the molecule is FC1(F)CCCN2CCCCC21. The van der Waals surface area contributed by atoms with Crippen LogP contribution in [0.25, 0.3) is 0 Å². The normalized spacial score (nSPS) is 36.0. The summed E-state index contributed by atoms with van der Waals surface area (Å²) < 4.78 is 26.6. The standard InChI is InChI=1S/C9H15F2N/c10-9(11)5-3-7-12-6-2-1-4-8(9)12/h8H,1-7H2. The summed E-state index contributed by atoms with van der Waals surface area (Å²) in [4.78, 5) is 1.98. The van der Waals surface area contributed by atoms with Crippen molar-refractivity contribution in [2.24, 2.45) is 0 Å². The Morgan fingerprint density at radius 2 is 1.83 bits per heavy atom. The van der Waals surface area contributed by atoms with Crippen LogP contribution in [0.4, 0.5) is 8.78 Å². The molecule has 1 nitrogen and oxygen atoms in total. The predicted molar refractivity (Wildman–Crippen MR) is 43.4 cm³/mol. The van der Waals surface area contributed by atoms with E-state index in [1.54, 1.807) is 0 Å². The summed E-state index contributed by atoms with van der Waals surface area (Å²) in [5, 5.41) is 0. The predicted octanol–water partition coefficient (Wildman–Crippen LogP) is 2.27. The molecular weight excluding hydrogens is 160 g/mol. The maximum absolute atomic E-state index is 13.3. The van der Waals surface area contributed by atoms with Crippen molar-refractivity contribution in [1.82, 2.24) is 4.90 Å². The highest BCUT2D eigenvalue weighted by Gasteiger charge is 2.46. The van der Waals surface area contributed by atoms with Crippen LogP contribution in [0, 0.1) is 0 Å². The fourth-order valence-electron chi connectivity index (χ4n) is 2.42. The number of hydrogen-bond acceptors (Lipinski definition) is 1. The topological polar surface area (TPSA) is 3.24 Å². The van der Waals surface area contributed by atoms with Gasteiger partial charge in [0.2, 0.25) is 0 Å². The Balaban J connectivity index is 2.09. The average molecular weight is 175 g/mol. The number of nitrogens with zero attached hydrogens (tertiary/aromatic N) is 1. The molecule has 0 spiro atoms. The van der Waals surface area contributed by atoms with Gasteiger partial charge in [-0.05, 0) is 32.4 Å². The minimum Gasteiger partial charge on any atom is -0.295 e. The number of fused-ring (bicyclic) bond motifs is 1. The summed E-state index contributed by atoms with van der Waals surface area (Å²) >= 11 is 0. The molecule has 2 aliphatic heterocycles. The zero-order valence-corrected chi connectivity index (χ0v) is 7.23. The van der Waals surface area contributed by atoms with Crippen LogP contribution in [0.5, 0.6) is 0 Å². The van der Waals surface area contributed by atoms with Crippen LogP contribution in [0.15, 0.2) is 0 Å².